The normalized spacial score (nSPS) is 12.0. The number of amides is 1. The van der Waals surface area contributed by atoms with Crippen molar-refractivity contribution < 1.29 is 9.53 Å². The lowest BCUT2D eigenvalue weighted by Gasteiger charge is -2.16. The van der Waals surface area contributed by atoms with Crippen LogP contribution in [0.3, 0.4) is 0 Å². The van der Waals surface area contributed by atoms with Crippen molar-refractivity contribution in [1.82, 2.24) is 24.6 Å². The molecule has 1 amide bonds. The van der Waals surface area contributed by atoms with E-state index < -0.39 is 0 Å². The van der Waals surface area contributed by atoms with Crippen molar-refractivity contribution in [3.63, 3.8) is 0 Å². The molecular weight excluding hydrogens is 290 g/mol. The molecule has 2 aromatic heterocycles. The van der Waals surface area contributed by atoms with E-state index in [1.54, 1.807) is 49.3 Å². The van der Waals surface area contributed by atoms with Crippen LogP contribution in [0.1, 0.15) is 6.92 Å². The van der Waals surface area contributed by atoms with Crippen LogP contribution in [0, 0.1) is 0 Å². The molecule has 1 atom stereocenters. The Balaban J connectivity index is 2.20. The Hall–Kier alpha value is -2.09. The summed E-state index contributed by atoms with van der Waals surface area (Å²) in [6.45, 7) is 1.85. The molecule has 2 heterocycles. The third kappa shape index (κ3) is 3.52. The van der Waals surface area contributed by atoms with Gasteiger partial charge in [0, 0.05) is 20.2 Å². The van der Waals surface area contributed by atoms with Crippen molar-refractivity contribution in [2.45, 2.75) is 17.3 Å². The van der Waals surface area contributed by atoms with E-state index in [1.807, 2.05) is 13.0 Å². The maximum atomic E-state index is 11.9. The van der Waals surface area contributed by atoms with Crippen LogP contribution < -0.4 is 4.74 Å². The van der Waals surface area contributed by atoms with E-state index in [0.29, 0.717) is 11.0 Å². The van der Waals surface area contributed by atoms with E-state index in [-0.39, 0.29) is 11.2 Å². The fourth-order valence-corrected chi connectivity index (χ4v) is 2.68. The second kappa shape index (κ2) is 6.57. The minimum Gasteiger partial charge on any atom is -0.481 e. The van der Waals surface area contributed by atoms with Gasteiger partial charge in [-0.15, -0.1) is 10.2 Å². The molecule has 0 aliphatic heterocycles. The van der Waals surface area contributed by atoms with Gasteiger partial charge >= 0.3 is 0 Å². The maximum absolute atomic E-state index is 11.9. The molecule has 8 heteroatoms. The van der Waals surface area contributed by atoms with Gasteiger partial charge in [0.25, 0.3) is 0 Å². The number of rotatable bonds is 5. The van der Waals surface area contributed by atoms with Gasteiger partial charge in [0.2, 0.25) is 11.8 Å². The first-order chi connectivity index (χ1) is 10.0. The molecular formula is C13H17N5O2S. The Morgan fingerprint density at radius 3 is 2.76 bits per heavy atom. The summed E-state index contributed by atoms with van der Waals surface area (Å²) < 4.78 is 6.82. The molecule has 0 fully saturated rings. The number of thioether (sulfide) groups is 1. The molecule has 2 rings (SSSR count). The summed E-state index contributed by atoms with van der Waals surface area (Å²) in [6.07, 6.45) is 3.27. The number of carbonyl (C=O) groups is 1. The topological polar surface area (TPSA) is 73.1 Å². The van der Waals surface area contributed by atoms with E-state index in [1.165, 1.54) is 11.8 Å². The number of aromatic nitrogens is 4. The van der Waals surface area contributed by atoms with Crippen LogP contribution in [0.5, 0.6) is 5.88 Å². The van der Waals surface area contributed by atoms with Crippen molar-refractivity contribution in [1.29, 1.82) is 0 Å². The van der Waals surface area contributed by atoms with Gasteiger partial charge < -0.3 is 9.64 Å². The second-order valence-electron chi connectivity index (χ2n) is 4.54. The molecule has 0 aromatic carbocycles. The van der Waals surface area contributed by atoms with Gasteiger partial charge in [0.05, 0.1) is 24.2 Å². The first-order valence-corrected chi connectivity index (χ1v) is 7.19. The monoisotopic (exact) mass is 307 g/mol. The Kier molecular flexibility index (Phi) is 4.79. The summed E-state index contributed by atoms with van der Waals surface area (Å²) in [6, 6.07) is 3.62. The number of nitrogens with zero attached hydrogens (tertiary/aromatic N) is 5. The van der Waals surface area contributed by atoms with Gasteiger partial charge in [0.1, 0.15) is 6.33 Å². The van der Waals surface area contributed by atoms with Crippen molar-refractivity contribution in [2.24, 2.45) is 0 Å². The zero-order valence-electron chi connectivity index (χ0n) is 12.3. The fourth-order valence-electron chi connectivity index (χ4n) is 1.69. The van der Waals surface area contributed by atoms with Gasteiger partial charge in [-0.25, -0.2) is 4.98 Å². The fraction of sp³-hybridized carbons (Fsp3) is 0.385. The highest BCUT2D eigenvalue weighted by molar-refractivity contribution is 8.00. The van der Waals surface area contributed by atoms with Crippen molar-refractivity contribution in [3.05, 3.63) is 24.7 Å². The highest BCUT2D eigenvalue weighted by Crippen LogP contribution is 2.24. The van der Waals surface area contributed by atoms with Crippen LogP contribution in [0.25, 0.3) is 5.69 Å². The standard InChI is InChI=1S/C13H17N5O2S/c1-9(12(19)17(2)3)21-13-16-15-8-18(13)10-5-6-11(20-4)14-7-10/h5-9H,1-4H3. The highest BCUT2D eigenvalue weighted by atomic mass is 32.2. The number of methoxy groups -OCH3 is 1. The number of hydrogen-bond donors (Lipinski definition) is 0. The molecule has 0 N–H and O–H groups in total. The van der Waals surface area contributed by atoms with Gasteiger partial charge in [-0.2, -0.15) is 0 Å². The largest absolute Gasteiger partial charge is 0.481 e. The maximum Gasteiger partial charge on any atom is 0.235 e. The van der Waals surface area contributed by atoms with Crippen molar-refractivity contribution in [2.75, 3.05) is 21.2 Å². The first-order valence-electron chi connectivity index (χ1n) is 6.31. The van der Waals surface area contributed by atoms with E-state index in [0.717, 1.165) is 5.69 Å². The van der Waals surface area contributed by atoms with Gasteiger partial charge in [0.15, 0.2) is 5.16 Å². The molecule has 21 heavy (non-hydrogen) atoms. The summed E-state index contributed by atoms with van der Waals surface area (Å²) >= 11 is 1.36. The molecule has 0 radical (unpaired) electrons. The average molecular weight is 307 g/mol. The number of carbonyl (C=O) groups excluding carboxylic acids is 1. The summed E-state index contributed by atoms with van der Waals surface area (Å²) in [5.74, 6) is 0.569. The van der Waals surface area contributed by atoms with Gasteiger partial charge in [-0.1, -0.05) is 11.8 Å². The zero-order chi connectivity index (χ0) is 15.4. The van der Waals surface area contributed by atoms with Crippen LogP contribution in [0.15, 0.2) is 29.8 Å². The van der Waals surface area contributed by atoms with E-state index in [9.17, 15) is 4.79 Å². The lowest BCUT2D eigenvalue weighted by molar-refractivity contribution is -0.127. The molecule has 0 saturated heterocycles. The summed E-state index contributed by atoms with van der Waals surface area (Å²) in [5, 5.41) is 8.37. The quantitative estimate of drug-likeness (QED) is 0.774. The van der Waals surface area contributed by atoms with Crippen LogP contribution in [-0.4, -0.2) is 57.0 Å². The molecule has 0 bridgehead atoms. The summed E-state index contributed by atoms with van der Waals surface area (Å²) in [5.41, 5.74) is 0.813. The third-order valence-corrected chi connectivity index (χ3v) is 3.84. The number of hydrogen-bond acceptors (Lipinski definition) is 6. The zero-order valence-corrected chi connectivity index (χ0v) is 13.2. The summed E-state index contributed by atoms with van der Waals surface area (Å²) in [4.78, 5) is 17.6. The Morgan fingerprint density at radius 1 is 1.43 bits per heavy atom. The second-order valence-corrected chi connectivity index (χ2v) is 5.84. The third-order valence-electron chi connectivity index (χ3n) is 2.80. The Morgan fingerprint density at radius 2 is 2.19 bits per heavy atom. The molecule has 0 aliphatic rings. The van der Waals surface area contributed by atoms with Crippen LogP contribution in [-0.2, 0) is 4.79 Å². The van der Waals surface area contributed by atoms with Crippen LogP contribution in [0.2, 0.25) is 0 Å². The molecule has 1 unspecified atom stereocenters. The van der Waals surface area contributed by atoms with E-state index in [4.69, 9.17) is 4.74 Å². The Bertz CT molecular complexity index is 611. The Labute approximate surface area is 127 Å². The van der Waals surface area contributed by atoms with Crippen LogP contribution >= 0.6 is 11.8 Å². The van der Waals surface area contributed by atoms with Crippen molar-refractivity contribution in [3.8, 4) is 11.6 Å². The van der Waals surface area contributed by atoms with Gasteiger partial charge in [-0.3, -0.25) is 9.36 Å². The SMILES string of the molecule is COc1ccc(-n2cnnc2SC(C)C(=O)N(C)C)cn1. The summed E-state index contributed by atoms with van der Waals surface area (Å²) in [7, 11) is 5.03. The molecule has 7 nitrogen and oxygen atoms in total. The molecule has 2 aromatic rings. The van der Waals surface area contributed by atoms with E-state index >= 15 is 0 Å². The molecule has 0 spiro atoms. The minimum absolute atomic E-state index is 0.0300. The van der Waals surface area contributed by atoms with E-state index in [2.05, 4.69) is 15.2 Å². The highest BCUT2D eigenvalue weighted by Gasteiger charge is 2.19. The smallest absolute Gasteiger partial charge is 0.235 e. The molecule has 0 aliphatic carbocycles. The predicted octanol–water partition coefficient (Wildman–Crippen LogP) is 1.24. The molecule has 0 saturated carbocycles. The first kappa shape index (κ1) is 15.3. The van der Waals surface area contributed by atoms with Crippen molar-refractivity contribution >= 4 is 17.7 Å². The van der Waals surface area contributed by atoms with Gasteiger partial charge in [-0.05, 0) is 13.0 Å². The number of pyridine rings is 1. The molecule has 112 valence electrons. The minimum atomic E-state index is -0.242. The number of ether oxygens (including phenoxy) is 1. The lowest BCUT2D eigenvalue weighted by atomic mass is 10.4. The predicted molar refractivity (Wildman–Crippen MR) is 79.7 cm³/mol. The average Bonchev–Trinajstić information content (AvgIpc) is 2.94. The van der Waals surface area contributed by atoms with Crippen LogP contribution in [0.4, 0.5) is 0 Å². The lowest BCUT2D eigenvalue weighted by Crippen LogP contribution is -2.29.